The Balaban J connectivity index is 2.18. The van der Waals surface area contributed by atoms with Crippen LogP contribution in [-0.4, -0.2) is 7.11 Å². The zero-order valence-electron chi connectivity index (χ0n) is 9.94. The Morgan fingerprint density at radius 3 is 2.71 bits per heavy atom. The van der Waals surface area contributed by atoms with E-state index in [1.165, 1.54) is 0 Å². The predicted molar refractivity (Wildman–Crippen MR) is 68.7 cm³/mol. The van der Waals surface area contributed by atoms with E-state index in [2.05, 4.69) is 0 Å². The van der Waals surface area contributed by atoms with E-state index in [0.717, 1.165) is 22.6 Å². The van der Waals surface area contributed by atoms with Crippen LogP contribution < -0.4 is 4.74 Å². The van der Waals surface area contributed by atoms with Crippen molar-refractivity contribution in [3.8, 4) is 5.75 Å². The molecule has 90 valence electrons. The highest BCUT2D eigenvalue weighted by Gasteiger charge is 2.16. The molecule has 1 atom stereocenters. The molecule has 0 fully saturated rings. The number of hydrogen-bond donors (Lipinski definition) is 0. The van der Waals surface area contributed by atoms with Crippen molar-refractivity contribution in [2.45, 2.75) is 18.7 Å². The molecule has 2 nitrogen and oxygen atoms in total. The van der Waals surface area contributed by atoms with E-state index in [-0.39, 0.29) is 5.38 Å². The largest absolute Gasteiger partial charge is 0.496 e. The highest BCUT2D eigenvalue weighted by Crippen LogP contribution is 2.31. The van der Waals surface area contributed by atoms with Gasteiger partial charge in [0.15, 0.2) is 0 Å². The van der Waals surface area contributed by atoms with Gasteiger partial charge in [-0.3, -0.25) is 0 Å². The SMILES string of the molecule is COc1ccccc1CC(Cl)c1occc1C. The van der Waals surface area contributed by atoms with Crippen molar-refractivity contribution < 1.29 is 9.15 Å². The van der Waals surface area contributed by atoms with Gasteiger partial charge in [0.25, 0.3) is 0 Å². The molecule has 1 heterocycles. The lowest BCUT2D eigenvalue weighted by Gasteiger charge is -2.11. The summed E-state index contributed by atoms with van der Waals surface area (Å²) in [5.74, 6) is 1.69. The average molecular weight is 251 g/mol. The van der Waals surface area contributed by atoms with Crippen LogP contribution in [0.3, 0.4) is 0 Å². The minimum Gasteiger partial charge on any atom is -0.496 e. The fourth-order valence-electron chi connectivity index (χ4n) is 1.86. The lowest BCUT2D eigenvalue weighted by Crippen LogP contribution is -1.98. The normalized spacial score (nSPS) is 12.4. The lowest BCUT2D eigenvalue weighted by atomic mass is 10.1. The number of benzene rings is 1. The van der Waals surface area contributed by atoms with Gasteiger partial charge in [-0.15, -0.1) is 11.6 Å². The number of ether oxygens (including phenoxy) is 1. The smallest absolute Gasteiger partial charge is 0.124 e. The first-order valence-corrected chi connectivity index (χ1v) is 5.96. The molecule has 0 radical (unpaired) electrons. The number of rotatable bonds is 4. The van der Waals surface area contributed by atoms with Gasteiger partial charge in [-0.1, -0.05) is 18.2 Å². The van der Waals surface area contributed by atoms with Gasteiger partial charge in [0.05, 0.1) is 18.8 Å². The van der Waals surface area contributed by atoms with E-state index in [4.69, 9.17) is 20.8 Å². The minimum absolute atomic E-state index is 0.165. The molecule has 1 unspecified atom stereocenters. The molecule has 0 amide bonds. The molecule has 17 heavy (non-hydrogen) atoms. The number of halogens is 1. The summed E-state index contributed by atoms with van der Waals surface area (Å²) in [5.41, 5.74) is 2.17. The summed E-state index contributed by atoms with van der Waals surface area (Å²) in [6.07, 6.45) is 2.36. The molecule has 1 aromatic carbocycles. The molecule has 0 aliphatic carbocycles. The number of alkyl halides is 1. The molecule has 0 bridgehead atoms. The van der Waals surface area contributed by atoms with Crippen LogP contribution in [0.5, 0.6) is 5.75 Å². The van der Waals surface area contributed by atoms with Crippen molar-refractivity contribution in [1.29, 1.82) is 0 Å². The van der Waals surface area contributed by atoms with Crippen LogP contribution in [0, 0.1) is 6.92 Å². The van der Waals surface area contributed by atoms with E-state index in [1.807, 2.05) is 37.3 Å². The molecule has 0 aliphatic rings. The van der Waals surface area contributed by atoms with Gasteiger partial charge < -0.3 is 9.15 Å². The molecule has 0 aliphatic heterocycles. The summed E-state index contributed by atoms with van der Waals surface area (Å²) < 4.78 is 10.7. The van der Waals surface area contributed by atoms with Crippen LogP contribution in [0.15, 0.2) is 41.0 Å². The summed E-state index contributed by atoms with van der Waals surface area (Å²) in [7, 11) is 1.67. The second-order valence-corrected chi connectivity index (χ2v) is 4.48. The summed E-state index contributed by atoms with van der Waals surface area (Å²) in [5, 5.41) is -0.165. The summed E-state index contributed by atoms with van der Waals surface area (Å²) in [6, 6.07) is 9.81. The van der Waals surface area contributed by atoms with Gasteiger partial charge in [-0.05, 0) is 36.6 Å². The number of methoxy groups -OCH3 is 1. The Labute approximate surface area is 106 Å². The minimum atomic E-state index is -0.165. The van der Waals surface area contributed by atoms with Crippen molar-refractivity contribution in [3.63, 3.8) is 0 Å². The highest BCUT2D eigenvalue weighted by atomic mass is 35.5. The Kier molecular flexibility index (Phi) is 3.75. The third-order valence-corrected chi connectivity index (χ3v) is 3.13. The van der Waals surface area contributed by atoms with Crippen LogP contribution >= 0.6 is 11.6 Å². The summed E-state index contributed by atoms with van der Waals surface area (Å²) >= 11 is 6.37. The Hall–Kier alpha value is -1.41. The van der Waals surface area contributed by atoms with Gasteiger partial charge in [-0.2, -0.15) is 0 Å². The second kappa shape index (κ2) is 5.28. The number of furan rings is 1. The molecule has 0 N–H and O–H groups in total. The van der Waals surface area contributed by atoms with Crippen molar-refractivity contribution >= 4 is 11.6 Å². The van der Waals surface area contributed by atoms with Crippen molar-refractivity contribution in [1.82, 2.24) is 0 Å². The fourth-order valence-corrected chi connectivity index (χ4v) is 2.25. The first kappa shape index (κ1) is 12.1. The Morgan fingerprint density at radius 2 is 2.06 bits per heavy atom. The quantitative estimate of drug-likeness (QED) is 0.762. The van der Waals surface area contributed by atoms with Gasteiger partial charge >= 0.3 is 0 Å². The maximum absolute atomic E-state index is 6.37. The van der Waals surface area contributed by atoms with Crippen molar-refractivity contribution in [2.75, 3.05) is 7.11 Å². The van der Waals surface area contributed by atoms with Gasteiger partial charge in [0.2, 0.25) is 0 Å². The second-order valence-electron chi connectivity index (χ2n) is 3.95. The highest BCUT2D eigenvalue weighted by molar-refractivity contribution is 6.20. The first-order chi connectivity index (χ1) is 8.22. The van der Waals surface area contributed by atoms with Crippen LogP contribution in [0.4, 0.5) is 0 Å². The summed E-state index contributed by atoms with van der Waals surface area (Å²) in [4.78, 5) is 0. The van der Waals surface area contributed by atoms with Gasteiger partial charge in [-0.25, -0.2) is 0 Å². The zero-order valence-corrected chi connectivity index (χ0v) is 10.7. The zero-order chi connectivity index (χ0) is 12.3. The topological polar surface area (TPSA) is 22.4 Å². The molecule has 2 aromatic rings. The maximum Gasteiger partial charge on any atom is 0.124 e. The van der Waals surface area contributed by atoms with E-state index in [0.29, 0.717) is 6.42 Å². The van der Waals surface area contributed by atoms with Gasteiger partial charge in [0, 0.05) is 0 Å². The van der Waals surface area contributed by atoms with Crippen LogP contribution in [0.2, 0.25) is 0 Å². The number of aryl methyl sites for hydroxylation is 1. The molecule has 3 heteroatoms. The van der Waals surface area contributed by atoms with Crippen LogP contribution in [0.1, 0.15) is 22.3 Å². The van der Waals surface area contributed by atoms with Crippen molar-refractivity contribution in [2.24, 2.45) is 0 Å². The Morgan fingerprint density at radius 1 is 1.29 bits per heavy atom. The summed E-state index contributed by atoms with van der Waals surface area (Å²) in [6.45, 7) is 2.00. The molecule has 0 saturated carbocycles. The standard InChI is InChI=1S/C14H15ClO2/c1-10-7-8-17-14(10)12(15)9-11-5-3-4-6-13(11)16-2/h3-8,12H,9H2,1-2H3. The monoisotopic (exact) mass is 250 g/mol. The van der Waals surface area contributed by atoms with E-state index in [1.54, 1.807) is 13.4 Å². The maximum atomic E-state index is 6.37. The molecule has 0 spiro atoms. The fraction of sp³-hybridized carbons (Fsp3) is 0.286. The molecular formula is C14H15ClO2. The van der Waals surface area contributed by atoms with Gasteiger partial charge in [0.1, 0.15) is 11.5 Å². The van der Waals surface area contributed by atoms with E-state index < -0.39 is 0 Å². The van der Waals surface area contributed by atoms with E-state index >= 15 is 0 Å². The van der Waals surface area contributed by atoms with Crippen LogP contribution in [-0.2, 0) is 6.42 Å². The first-order valence-electron chi connectivity index (χ1n) is 5.52. The Bertz CT molecular complexity index is 490. The number of para-hydroxylation sites is 1. The third kappa shape index (κ3) is 2.64. The predicted octanol–water partition coefficient (Wildman–Crippen LogP) is 4.12. The average Bonchev–Trinajstić information content (AvgIpc) is 2.76. The lowest BCUT2D eigenvalue weighted by molar-refractivity contribution is 0.408. The molecule has 0 saturated heterocycles. The van der Waals surface area contributed by atoms with Crippen molar-refractivity contribution in [3.05, 3.63) is 53.5 Å². The van der Waals surface area contributed by atoms with Crippen LogP contribution in [0.25, 0.3) is 0 Å². The third-order valence-electron chi connectivity index (χ3n) is 2.78. The van der Waals surface area contributed by atoms with E-state index in [9.17, 15) is 0 Å². The molecular weight excluding hydrogens is 236 g/mol. The number of hydrogen-bond acceptors (Lipinski definition) is 2. The molecule has 2 rings (SSSR count). The molecule has 1 aromatic heterocycles.